The molecule has 0 saturated heterocycles. The van der Waals surface area contributed by atoms with E-state index in [1.807, 2.05) is 66.9 Å². The number of aromatic nitrogens is 1. The van der Waals surface area contributed by atoms with Gasteiger partial charge in [0, 0.05) is 22.8 Å². The SMILES string of the molecule is CC(NC(=O)Nc1ccc(-c2nccs2)cc1)c1ccccc1. The van der Waals surface area contributed by atoms with Crippen LogP contribution >= 0.6 is 11.3 Å². The Morgan fingerprint density at radius 2 is 1.83 bits per heavy atom. The van der Waals surface area contributed by atoms with Crippen molar-refractivity contribution >= 4 is 23.1 Å². The van der Waals surface area contributed by atoms with Gasteiger partial charge in [-0.2, -0.15) is 0 Å². The molecule has 1 unspecified atom stereocenters. The smallest absolute Gasteiger partial charge is 0.319 e. The maximum Gasteiger partial charge on any atom is 0.319 e. The normalized spacial score (nSPS) is 11.7. The first-order valence-electron chi connectivity index (χ1n) is 7.35. The van der Waals surface area contributed by atoms with Gasteiger partial charge in [0.05, 0.1) is 6.04 Å². The van der Waals surface area contributed by atoms with Crippen molar-refractivity contribution in [2.45, 2.75) is 13.0 Å². The molecule has 0 radical (unpaired) electrons. The van der Waals surface area contributed by atoms with Crippen molar-refractivity contribution in [3.05, 3.63) is 71.7 Å². The summed E-state index contributed by atoms with van der Waals surface area (Å²) in [7, 11) is 0. The van der Waals surface area contributed by atoms with Crippen LogP contribution in [0.2, 0.25) is 0 Å². The molecule has 0 aliphatic rings. The minimum atomic E-state index is -0.219. The van der Waals surface area contributed by atoms with Crippen LogP contribution in [0.1, 0.15) is 18.5 Å². The van der Waals surface area contributed by atoms with E-state index in [4.69, 9.17) is 0 Å². The fourth-order valence-corrected chi connectivity index (χ4v) is 2.90. The molecule has 4 nitrogen and oxygen atoms in total. The van der Waals surface area contributed by atoms with Gasteiger partial charge in [-0.15, -0.1) is 11.3 Å². The zero-order valence-corrected chi connectivity index (χ0v) is 13.5. The molecule has 0 aliphatic carbocycles. The lowest BCUT2D eigenvalue weighted by Crippen LogP contribution is -2.31. The second-order valence-corrected chi connectivity index (χ2v) is 6.04. The number of nitrogens with one attached hydrogen (secondary N) is 2. The molecule has 23 heavy (non-hydrogen) atoms. The minimum absolute atomic E-state index is 0.0502. The summed E-state index contributed by atoms with van der Waals surface area (Å²) in [5.74, 6) is 0. The van der Waals surface area contributed by atoms with E-state index in [9.17, 15) is 4.79 Å². The predicted molar refractivity (Wildman–Crippen MR) is 94.6 cm³/mol. The Bertz CT molecular complexity index is 755. The Labute approximate surface area is 139 Å². The first kappa shape index (κ1) is 15.2. The molecule has 2 amide bonds. The Hall–Kier alpha value is -2.66. The zero-order chi connectivity index (χ0) is 16.1. The predicted octanol–water partition coefficient (Wildman–Crippen LogP) is 4.69. The summed E-state index contributed by atoms with van der Waals surface area (Å²) in [6, 6.07) is 17.3. The summed E-state index contributed by atoms with van der Waals surface area (Å²) in [4.78, 5) is 16.3. The van der Waals surface area contributed by atoms with Gasteiger partial charge in [0.25, 0.3) is 0 Å². The van der Waals surface area contributed by atoms with Gasteiger partial charge >= 0.3 is 6.03 Å². The molecule has 0 spiro atoms. The Balaban J connectivity index is 1.60. The number of amides is 2. The van der Waals surface area contributed by atoms with E-state index in [1.54, 1.807) is 17.5 Å². The van der Waals surface area contributed by atoms with Gasteiger partial charge < -0.3 is 10.6 Å². The monoisotopic (exact) mass is 323 g/mol. The maximum atomic E-state index is 12.1. The summed E-state index contributed by atoms with van der Waals surface area (Å²) in [5, 5.41) is 8.69. The summed E-state index contributed by atoms with van der Waals surface area (Å²) in [6.07, 6.45) is 1.78. The van der Waals surface area contributed by atoms with Crippen molar-refractivity contribution < 1.29 is 4.79 Å². The minimum Gasteiger partial charge on any atom is -0.331 e. The Morgan fingerprint density at radius 1 is 1.09 bits per heavy atom. The molecule has 5 heteroatoms. The van der Waals surface area contributed by atoms with Crippen LogP contribution in [0.4, 0.5) is 10.5 Å². The van der Waals surface area contributed by atoms with Gasteiger partial charge in [-0.1, -0.05) is 30.3 Å². The highest BCUT2D eigenvalue weighted by atomic mass is 32.1. The van der Waals surface area contributed by atoms with Crippen LogP contribution in [0.15, 0.2) is 66.2 Å². The van der Waals surface area contributed by atoms with Crippen LogP contribution < -0.4 is 10.6 Å². The second-order valence-electron chi connectivity index (χ2n) is 5.15. The van der Waals surface area contributed by atoms with Crippen molar-refractivity contribution in [2.75, 3.05) is 5.32 Å². The fourth-order valence-electron chi connectivity index (χ4n) is 2.25. The number of hydrogen-bond donors (Lipinski definition) is 2. The van der Waals surface area contributed by atoms with Gasteiger partial charge in [-0.05, 0) is 36.8 Å². The Kier molecular flexibility index (Phi) is 4.68. The first-order valence-corrected chi connectivity index (χ1v) is 8.23. The largest absolute Gasteiger partial charge is 0.331 e. The van der Waals surface area contributed by atoms with Crippen LogP contribution in [0.3, 0.4) is 0 Å². The molecular formula is C18H17N3OS. The molecule has 0 fully saturated rings. The summed E-state index contributed by atoms with van der Waals surface area (Å²) in [6.45, 7) is 1.96. The highest BCUT2D eigenvalue weighted by Crippen LogP contribution is 2.23. The van der Waals surface area contributed by atoms with Crippen molar-refractivity contribution in [1.82, 2.24) is 10.3 Å². The number of anilines is 1. The highest BCUT2D eigenvalue weighted by molar-refractivity contribution is 7.13. The average Bonchev–Trinajstić information content (AvgIpc) is 3.11. The third-order valence-corrected chi connectivity index (χ3v) is 4.29. The second kappa shape index (κ2) is 7.07. The molecule has 3 aromatic rings. The molecule has 0 bridgehead atoms. The lowest BCUT2D eigenvalue weighted by Gasteiger charge is -2.15. The van der Waals surface area contributed by atoms with Gasteiger partial charge in [-0.25, -0.2) is 9.78 Å². The molecule has 0 aliphatic heterocycles. The molecule has 1 atom stereocenters. The standard InChI is InChI=1S/C18H17N3OS/c1-13(14-5-3-2-4-6-14)20-18(22)21-16-9-7-15(8-10-16)17-19-11-12-23-17/h2-13H,1H3,(H2,20,21,22). The van der Waals surface area contributed by atoms with E-state index >= 15 is 0 Å². The summed E-state index contributed by atoms with van der Waals surface area (Å²) in [5.41, 5.74) is 2.87. The number of carbonyl (C=O) groups excluding carboxylic acids is 1. The molecule has 1 heterocycles. The van der Waals surface area contributed by atoms with Crippen LogP contribution in [0.5, 0.6) is 0 Å². The fraction of sp³-hybridized carbons (Fsp3) is 0.111. The Morgan fingerprint density at radius 3 is 2.48 bits per heavy atom. The summed E-state index contributed by atoms with van der Waals surface area (Å²) < 4.78 is 0. The van der Waals surface area contributed by atoms with Gasteiger partial charge in [0.2, 0.25) is 0 Å². The van der Waals surface area contributed by atoms with E-state index in [-0.39, 0.29) is 12.1 Å². The number of thiazole rings is 1. The van der Waals surface area contributed by atoms with Crippen LogP contribution in [-0.2, 0) is 0 Å². The lowest BCUT2D eigenvalue weighted by molar-refractivity contribution is 0.249. The number of hydrogen-bond acceptors (Lipinski definition) is 3. The maximum absolute atomic E-state index is 12.1. The van der Waals surface area contributed by atoms with Gasteiger partial charge in [-0.3, -0.25) is 0 Å². The molecular weight excluding hydrogens is 306 g/mol. The molecule has 3 rings (SSSR count). The number of rotatable bonds is 4. The van der Waals surface area contributed by atoms with E-state index in [1.165, 1.54) is 0 Å². The van der Waals surface area contributed by atoms with Crippen LogP contribution in [0, 0.1) is 0 Å². The number of nitrogens with zero attached hydrogens (tertiary/aromatic N) is 1. The topological polar surface area (TPSA) is 54.0 Å². The third-order valence-electron chi connectivity index (χ3n) is 3.47. The zero-order valence-electron chi connectivity index (χ0n) is 12.7. The first-order chi connectivity index (χ1) is 11.2. The van der Waals surface area contributed by atoms with Crippen molar-refractivity contribution in [3.63, 3.8) is 0 Å². The number of benzene rings is 2. The van der Waals surface area contributed by atoms with E-state index in [2.05, 4.69) is 15.6 Å². The lowest BCUT2D eigenvalue weighted by atomic mass is 10.1. The summed E-state index contributed by atoms with van der Waals surface area (Å²) >= 11 is 1.59. The van der Waals surface area contributed by atoms with E-state index in [0.717, 1.165) is 21.8 Å². The molecule has 2 aromatic carbocycles. The molecule has 0 saturated carbocycles. The number of urea groups is 1. The third kappa shape index (κ3) is 3.96. The van der Waals surface area contributed by atoms with E-state index in [0.29, 0.717) is 0 Å². The van der Waals surface area contributed by atoms with Crippen molar-refractivity contribution in [1.29, 1.82) is 0 Å². The quantitative estimate of drug-likeness (QED) is 0.731. The van der Waals surface area contributed by atoms with Gasteiger partial charge in [0.15, 0.2) is 0 Å². The van der Waals surface area contributed by atoms with Crippen molar-refractivity contribution in [2.24, 2.45) is 0 Å². The molecule has 1 aromatic heterocycles. The van der Waals surface area contributed by atoms with Crippen molar-refractivity contribution in [3.8, 4) is 10.6 Å². The molecule has 116 valence electrons. The van der Waals surface area contributed by atoms with Gasteiger partial charge in [0.1, 0.15) is 5.01 Å². The average molecular weight is 323 g/mol. The van der Waals surface area contributed by atoms with E-state index < -0.39 is 0 Å². The highest BCUT2D eigenvalue weighted by Gasteiger charge is 2.09. The van der Waals surface area contributed by atoms with Crippen LogP contribution in [0.25, 0.3) is 10.6 Å². The molecule has 2 N–H and O–H groups in total. The number of carbonyl (C=O) groups is 1. The van der Waals surface area contributed by atoms with Crippen LogP contribution in [-0.4, -0.2) is 11.0 Å².